The normalized spacial score (nSPS) is 20.6. The Kier molecular flexibility index (Phi) is 7.29. The third-order valence-electron chi connectivity index (χ3n) is 6.23. The lowest BCUT2D eigenvalue weighted by Gasteiger charge is -2.22. The van der Waals surface area contributed by atoms with E-state index in [2.05, 4.69) is 15.2 Å². The van der Waals surface area contributed by atoms with E-state index < -0.39 is 0 Å². The largest absolute Gasteiger partial charge is 0.339 e. The summed E-state index contributed by atoms with van der Waals surface area (Å²) in [5, 5.41) is 4.43. The Morgan fingerprint density at radius 1 is 0.967 bits per heavy atom. The summed E-state index contributed by atoms with van der Waals surface area (Å²) in [6.07, 6.45) is 5.69. The summed E-state index contributed by atoms with van der Waals surface area (Å²) in [7, 11) is 0. The van der Waals surface area contributed by atoms with Crippen molar-refractivity contribution in [2.75, 3.05) is 26.2 Å². The average molecular weight is 445 g/mol. The van der Waals surface area contributed by atoms with Crippen LogP contribution in [0.3, 0.4) is 0 Å². The average Bonchev–Trinajstić information content (AvgIpc) is 3.11. The van der Waals surface area contributed by atoms with E-state index in [1.165, 1.54) is 0 Å². The van der Waals surface area contributed by atoms with Gasteiger partial charge in [0.05, 0.1) is 16.8 Å². The van der Waals surface area contributed by atoms with Crippen molar-refractivity contribution < 1.29 is 4.79 Å². The minimum absolute atomic E-state index is 0. The molecule has 5 nitrogen and oxygen atoms in total. The Balaban J connectivity index is 0.00000128. The molecule has 1 amide bonds. The van der Waals surface area contributed by atoms with Crippen molar-refractivity contribution in [1.29, 1.82) is 0 Å². The Morgan fingerprint density at radius 3 is 2.33 bits per heavy atom. The van der Waals surface area contributed by atoms with Crippen LogP contribution in [0, 0.1) is 11.8 Å². The lowest BCUT2D eigenvalue weighted by molar-refractivity contribution is 0.0760. The van der Waals surface area contributed by atoms with Crippen molar-refractivity contribution >= 4 is 41.6 Å². The van der Waals surface area contributed by atoms with Gasteiger partial charge in [-0.15, -0.1) is 24.8 Å². The van der Waals surface area contributed by atoms with Crippen LogP contribution < -0.4 is 5.32 Å². The summed E-state index contributed by atoms with van der Waals surface area (Å²) >= 11 is 0. The van der Waals surface area contributed by atoms with Crippen molar-refractivity contribution in [3.8, 4) is 11.3 Å². The van der Waals surface area contributed by atoms with E-state index in [1.807, 2.05) is 42.5 Å². The van der Waals surface area contributed by atoms with Crippen LogP contribution in [0.25, 0.3) is 22.2 Å². The van der Waals surface area contributed by atoms with Crippen molar-refractivity contribution in [1.82, 2.24) is 20.2 Å². The Labute approximate surface area is 189 Å². The maximum atomic E-state index is 13.5. The van der Waals surface area contributed by atoms with Crippen LogP contribution in [0.2, 0.25) is 0 Å². The summed E-state index contributed by atoms with van der Waals surface area (Å²) in [4.78, 5) is 24.5. The van der Waals surface area contributed by atoms with Crippen LogP contribution in [0.4, 0.5) is 0 Å². The van der Waals surface area contributed by atoms with E-state index in [0.717, 1.165) is 66.7 Å². The van der Waals surface area contributed by atoms with Crippen LogP contribution in [0.5, 0.6) is 0 Å². The standard InChI is InChI=1S/C23H24N4O.2ClH/c28-23(27-11-7-17-14-25-15-18(17)8-12-27)20-13-22(16-5-9-24-10-6-16)26-21-4-2-1-3-19(20)21;;/h1-6,9-10,13,17-18,25H,7-8,11-12,14-15H2;2*1H/t17-,18+;;. The van der Waals surface area contributed by atoms with E-state index in [0.29, 0.717) is 11.8 Å². The van der Waals surface area contributed by atoms with E-state index >= 15 is 0 Å². The summed E-state index contributed by atoms with van der Waals surface area (Å²) < 4.78 is 0. The van der Waals surface area contributed by atoms with Crippen molar-refractivity contribution in [2.24, 2.45) is 11.8 Å². The lowest BCUT2D eigenvalue weighted by Crippen LogP contribution is -2.33. The molecule has 2 aliphatic heterocycles. The molecule has 3 aromatic rings. The zero-order valence-electron chi connectivity index (χ0n) is 16.7. The second-order valence-corrected chi connectivity index (χ2v) is 7.86. The Bertz CT molecular complexity index is 1000. The number of rotatable bonds is 2. The highest BCUT2D eigenvalue weighted by Gasteiger charge is 2.32. The number of aromatic nitrogens is 2. The van der Waals surface area contributed by atoms with Gasteiger partial charge in [0.1, 0.15) is 0 Å². The molecule has 158 valence electrons. The molecule has 1 N–H and O–H groups in total. The number of hydrogen-bond acceptors (Lipinski definition) is 4. The quantitative estimate of drug-likeness (QED) is 0.642. The zero-order valence-corrected chi connectivity index (χ0v) is 18.3. The van der Waals surface area contributed by atoms with Gasteiger partial charge in [-0.25, -0.2) is 4.98 Å². The van der Waals surface area contributed by atoms with E-state index in [-0.39, 0.29) is 30.7 Å². The van der Waals surface area contributed by atoms with Crippen LogP contribution in [0.1, 0.15) is 23.2 Å². The van der Waals surface area contributed by atoms with Crippen LogP contribution >= 0.6 is 24.8 Å². The number of carbonyl (C=O) groups is 1. The lowest BCUT2D eigenvalue weighted by atomic mass is 9.92. The molecule has 0 saturated carbocycles. The summed E-state index contributed by atoms with van der Waals surface area (Å²) in [6.45, 7) is 3.86. The van der Waals surface area contributed by atoms with Gasteiger partial charge in [0.2, 0.25) is 0 Å². The van der Waals surface area contributed by atoms with Crippen molar-refractivity contribution in [3.63, 3.8) is 0 Å². The maximum Gasteiger partial charge on any atom is 0.254 e. The third kappa shape index (κ3) is 4.29. The topological polar surface area (TPSA) is 58.1 Å². The second kappa shape index (κ2) is 9.73. The van der Waals surface area contributed by atoms with Crippen LogP contribution in [0.15, 0.2) is 54.9 Å². The minimum atomic E-state index is 0. The molecule has 0 unspecified atom stereocenters. The number of hydrogen-bond donors (Lipinski definition) is 1. The molecule has 7 heteroatoms. The van der Waals surface area contributed by atoms with Crippen LogP contribution in [-0.4, -0.2) is 47.0 Å². The SMILES string of the molecule is Cl.Cl.O=C(c1cc(-c2ccncc2)nc2ccccc12)N1CC[C@@H]2CNC[C@@H]2CC1. The van der Waals surface area contributed by atoms with E-state index in [1.54, 1.807) is 12.4 Å². The minimum Gasteiger partial charge on any atom is -0.339 e. The summed E-state index contributed by atoms with van der Waals surface area (Å²) in [6, 6.07) is 13.8. The number of pyridine rings is 2. The molecule has 0 radical (unpaired) electrons. The molecule has 0 aliphatic carbocycles. The third-order valence-corrected chi connectivity index (χ3v) is 6.23. The van der Waals surface area contributed by atoms with E-state index in [4.69, 9.17) is 4.98 Å². The molecule has 2 aliphatic rings. The monoisotopic (exact) mass is 444 g/mol. The van der Waals surface area contributed by atoms with Crippen molar-refractivity contribution in [2.45, 2.75) is 12.8 Å². The zero-order chi connectivity index (χ0) is 18.9. The van der Waals surface area contributed by atoms with Gasteiger partial charge in [0, 0.05) is 36.4 Å². The molecule has 2 fully saturated rings. The molecule has 5 rings (SSSR count). The smallest absolute Gasteiger partial charge is 0.254 e. The van der Waals surface area contributed by atoms with Gasteiger partial charge in [-0.05, 0) is 62.0 Å². The Morgan fingerprint density at radius 2 is 1.63 bits per heavy atom. The molecular formula is C23H26Cl2N4O. The van der Waals surface area contributed by atoms with Gasteiger partial charge in [0.15, 0.2) is 0 Å². The predicted octanol–water partition coefficient (Wildman–Crippen LogP) is 4.21. The number of nitrogens with zero attached hydrogens (tertiary/aromatic N) is 3. The first kappa shape index (κ1) is 22.5. The van der Waals surface area contributed by atoms with E-state index in [9.17, 15) is 4.79 Å². The molecule has 2 aromatic heterocycles. The number of halogens is 2. The number of benzene rings is 1. The molecule has 4 heterocycles. The maximum absolute atomic E-state index is 13.5. The number of carbonyl (C=O) groups excluding carboxylic acids is 1. The van der Waals surface area contributed by atoms with Crippen LogP contribution in [-0.2, 0) is 0 Å². The highest BCUT2D eigenvalue weighted by Crippen LogP contribution is 2.30. The van der Waals surface area contributed by atoms with Gasteiger partial charge in [-0.2, -0.15) is 0 Å². The summed E-state index contributed by atoms with van der Waals surface area (Å²) in [5.41, 5.74) is 3.41. The molecule has 0 bridgehead atoms. The molecular weight excluding hydrogens is 419 g/mol. The van der Waals surface area contributed by atoms with Crippen molar-refractivity contribution in [3.05, 3.63) is 60.4 Å². The number of para-hydroxylation sites is 1. The Hall–Kier alpha value is -2.21. The highest BCUT2D eigenvalue weighted by molar-refractivity contribution is 6.07. The highest BCUT2D eigenvalue weighted by atomic mass is 35.5. The molecule has 30 heavy (non-hydrogen) atoms. The molecule has 0 spiro atoms. The second-order valence-electron chi connectivity index (χ2n) is 7.86. The van der Waals surface area contributed by atoms with Gasteiger partial charge >= 0.3 is 0 Å². The first-order valence-corrected chi connectivity index (χ1v) is 10.1. The van der Waals surface area contributed by atoms with Gasteiger partial charge in [0.25, 0.3) is 5.91 Å². The fourth-order valence-corrected chi connectivity index (χ4v) is 4.61. The number of nitrogens with one attached hydrogen (secondary N) is 1. The predicted molar refractivity (Wildman–Crippen MR) is 124 cm³/mol. The molecule has 1 aromatic carbocycles. The number of fused-ring (bicyclic) bond motifs is 2. The number of amides is 1. The molecule has 2 atom stereocenters. The number of likely N-dealkylation sites (tertiary alicyclic amines) is 1. The first-order valence-electron chi connectivity index (χ1n) is 10.1. The van der Waals surface area contributed by atoms with Gasteiger partial charge in [-0.3, -0.25) is 9.78 Å². The first-order chi connectivity index (χ1) is 13.8. The van der Waals surface area contributed by atoms with Gasteiger partial charge < -0.3 is 10.2 Å². The molecule has 2 saturated heterocycles. The fourth-order valence-electron chi connectivity index (χ4n) is 4.61. The summed E-state index contributed by atoms with van der Waals surface area (Å²) in [5.74, 6) is 1.54. The fraction of sp³-hybridized carbons (Fsp3) is 0.348. The van der Waals surface area contributed by atoms with Gasteiger partial charge in [-0.1, -0.05) is 18.2 Å².